The molecule has 15 heavy (non-hydrogen) atoms. The number of nitrogens with zero attached hydrogens (tertiary/aromatic N) is 1. The predicted molar refractivity (Wildman–Crippen MR) is 60.1 cm³/mol. The minimum atomic E-state index is 0.330. The van der Waals surface area contributed by atoms with Gasteiger partial charge in [0.15, 0.2) is 0 Å². The summed E-state index contributed by atoms with van der Waals surface area (Å²) < 4.78 is 5.66. The van der Waals surface area contributed by atoms with Crippen LogP contribution < -0.4 is 10.5 Å². The lowest BCUT2D eigenvalue weighted by atomic mass is 10.0. The second-order valence-electron chi connectivity index (χ2n) is 4.17. The number of rotatable bonds is 5. The highest BCUT2D eigenvalue weighted by Crippen LogP contribution is 2.48. The molecule has 1 fully saturated rings. The van der Waals surface area contributed by atoms with Crippen LogP contribution in [0.4, 0.5) is 0 Å². The van der Waals surface area contributed by atoms with E-state index < -0.39 is 0 Å². The molecule has 0 atom stereocenters. The summed E-state index contributed by atoms with van der Waals surface area (Å²) in [5.74, 6) is 0.741. The van der Waals surface area contributed by atoms with Crippen LogP contribution in [0.15, 0.2) is 18.5 Å². The van der Waals surface area contributed by atoms with Crippen molar-refractivity contribution in [2.24, 2.45) is 11.1 Å². The topological polar surface area (TPSA) is 48.1 Å². The Morgan fingerprint density at radius 3 is 2.87 bits per heavy atom. The van der Waals surface area contributed by atoms with Crippen LogP contribution in [0.1, 0.15) is 19.3 Å². The van der Waals surface area contributed by atoms with E-state index in [1.807, 2.05) is 0 Å². The van der Waals surface area contributed by atoms with E-state index in [9.17, 15) is 0 Å². The first kappa shape index (κ1) is 10.7. The van der Waals surface area contributed by atoms with Gasteiger partial charge in [0.25, 0.3) is 0 Å². The normalized spacial score (nSPS) is 17.5. The first-order valence-corrected chi connectivity index (χ1v) is 5.55. The highest BCUT2D eigenvalue weighted by molar-refractivity contribution is 6.30. The van der Waals surface area contributed by atoms with Crippen molar-refractivity contribution in [3.8, 4) is 5.75 Å². The molecule has 0 bridgehead atoms. The van der Waals surface area contributed by atoms with E-state index in [0.717, 1.165) is 25.3 Å². The minimum Gasteiger partial charge on any atom is -0.491 e. The molecule has 4 heteroatoms. The SMILES string of the molecule is NCCC1(COc2cncc(Cl)c2)CC1. The summed E-state index contributed by atoms with van der Waals surface area (Å²) in [5, 5.41) is 0.608. The summed E-state index contributed by atoms with van der Waals surface area (Å²) in [6, 6.07) is 1.78. The standard InChI is InChI=1S/C11H15ClN2O/c12-9-5-10(7-14-6-9)15-8-11(1-2-11)3-4-13/h5-7H,1-4,8,13H2. The summed E-state index contributed by atoms with van der Waals surface area (Å²) in [6.07, 6.45) is 6.77. The molecule has 1 aromatic heterocycles. The van der Waals surface area contributed by atoms with Gasteiger partial charge in [-0.05, 0) is 25.8 Å². The van der Waals surface area contributed by atoms with E-state index in [4.69, 9.17) is 22.1 Å². The zero-order chi connectivity index (χ0) is 10.7. The van der Waals surface area contributed by atoms with Gasteiger partial charge in [0.1, 0.15) is 5.75 Å². The van der Waals surface area contributed by atoms with Gasteiger partial charge < -0.3 is 10.5 Å². The highest BCUT2D eigenvalue weighted by atomic mass is 35.5. The Balaban J connectivity index is 1.88. The Labute approximate surface area is 94.6 Å². The molecule has 1 heterocycles. The highest BCUT2D eigenvalue weighted by Gasteiger charge is 2.42. The summed E-state index contributed by atoms with van der Waals surface area (Å²) in [4.78, 5) is 3.97. The van der Waals surface area contributed by atoms with Crippen LogP contribution in [0.2, 0.25) is 5.02 Å². The second kappa shape index (κ2) is 4.37. The number of hydrogen-bond acceptors (Lipinski definition) is 3. The van der Waals surface area contributed by atoms with Crippen molar-refractivity contribution in [1.82, 2.24) is 4.98 Å². The summed E-state index contributed by atoms with van der Waals surface area (Å²) in [6.45, 7) is 1.46. The fourth-order valence-corrected chi connectivity index (χ4v) is 1.82. The van der Waals surface area contributed by atoms with Crippen molar-refractivity contribution in [2.45, 2.75) is 19.3 Å². The number of nitrogens with two attached hydrogens (primary N) is 1. The Bertz CT molecular complexity index is 339. The third-order valence-electron chi connectivity index (χ3n) is 2.86. The Hall–Kier alpha value is -0.800. The molecule has 0 aromatic carbocycles. The second-order valence-corrected chi connectivity index (χ2v) is 4.60. The maximum Gasteiger partial charge on any atom is 0.139 e. The van der Waals surface area contributed by atoms with Crippen LogP contribution in [0.25, 0.3) is 0 Å². The van der Waals surface area contributed by atoms with E-state index >= 15 is 0 Å². The molecule has 2 N–H and O–H groups in total. The van der Waals surface area contributed by atoms with Gasteiger partial charge in [-0.2, -0.15) is 0 Å². The van der Waals surface area contributed by atoms with Gasteiger partial charge in [0.2, 0.25) is 0 Å². The van der Waals surface area contributed by atoms with E-state index in [1.165, 1.54) is 12.8 Å². The van der Waals surface area contributed by atoms with Crippen molar-refractivity contribution >= 4 is 11.6 Å². The van der Waals surface area contributed by atoms with Gasteiger partial charge in [-0.1, -0.05) is 11.6 Å². The molecule has 0 unspecified atom stereocenters. The predicted octanol–water partition coefficient (Wildman–Crippen LogP) is 2.24. The van der Waals surface area contributed by atoms with E-state index in [0.29, 0.717) is 10.4 Å². The lowest BCUT2D eigenvalue weighted by Crippen LogP contribution is -2.17. The van der Waals surface area contributed by atoms with E-state index in [2.05, 4.69) is 4.98 Å². The number of aromatic nitrogens is 1. The number of halogens is 1. The van der Waals surface area contributed by atoms with Crippen molar-refractivity contribution in [3.63, 3.8) is 0 Å². The average molecular weight is 227 g/mol. The zero-order valence-electron chi connectivity index (χ0n) is 8.58. The summed E-state index contributed by atoms with van der Waals surface area (Å²) >= 11 is 5.81. The molecule has 1 aliphatic carbocycles. The molecule has 1 saturated carbocycles. The van der Waals surface area contributed by atoms with E-state index in [-0.39, 0.29) is 0 Å². The molecule has 0 aliphatic heterocycles. The number of hydrogen-bond donors (Lipinski definition) is 1. The van der Waals surface area contributed by atoms with Crippen molar-refractivity contribution < 1.29 is 4.74 Å². The third-order valence-corrected chi connectivity index (χ3v) is 3.06. The average Bonchev–Trinajstić information content (AvgIpc) is 2.97. The Morgan fingerprint density at radius 2 is 2.27 bits per heavy atom. The Morgan fingerprint density at radius 1 is 1.47 bits per heavy atom. The molecule has 1 aliphatic rings. The smallest absolute Gasteiger partial charge is 0.139 e. The largest absolute Gasteiger partial charge is 0.491 e. The fourth-order valence-electron chi connectivity index (χ4n) is 1.66. The summed E-state index contributed by atoms with van der Waals surface area (Å²) in [5.41, 5.74) is 5.89. The van der Waals surface area contributed by atoms with Crippen LogP contribution in [0, 0.1) is 5.41 Å². The maximum absolute atomic E-state index is 5.81. The van der Waals surface area contributed by atoms with Gasteiger partial charge >= 0.3 is 0 Å². The van der Waals surface area contributed by atoms with Crippen LogP contribution >= 0.6 is 11.6 Å². The van der Waals surface area contributed by atoms with Crippen LogP contribution in [-0.2, 0) is 0 Å². The van der Waals surface area contributed by atoms with E-state index in [1.54, 1.807) is 18.5 Å². The molecule has 0 spiro atoms. The van der Waals surface area contributed by atoms with Gasteiger partial charge in [-0.3, -0.25) is 4.98 Å². The molecular formula is C11H15ClN2O. The maximum atomic E-state index is 5.81. The lowest BCUT2D eigenvalue weighted by molar-refractivity contribution is 0.226. The van der Waals surface area contributed by atoms with Crippen molar-refractivity contribution in [1.29, 1.82) is 0 Å². The monoisotopic (exact) mass is 226 g/mol. The first-order chi connectivity index (χ1) is 7.24. The molecule has 0 saturated heterocycles. The molecule has 82 valence electrons. The minimum absolute atomic E-state index is 0.330. The number of ether oxygens (including phenoxy) is 1. The van der Waals surface area contributed by atoms with Crippen LogP contribution in [0.3, 0.4) is 0 Å². The van der Waals surface area contributed by atoms with Gasteiger partial charge in [0, 0.05) is 17.7 Å². The molecule has 1 aromatic rings. The molecule has 0 amide bonds. The first-order valence-electron chi connectivity index (χ1n) is 5.18. The quantitative estimate of drug-likeness (QED) is 0.838. The van der Waals surface area contributed by atoms with Crippen molar-refractivity contribution in [3.05, 3.63) is 23.5 Å². The molecule has 0 radical (unpaired) electrons. The van der Waals surface area contributed by atoms with Gasteiger partial charge in [0.05, 0.1) is 17.8 Å². The Kier molecular flexibility index (Phi) is 3.12. The fraction of sp³-hybridized carbons (Fsp3) is 0.545. The van der Waals surface area contributed by atoms with Gasteiger partial charge in [-0.15, -0.1) is 0 Å². The summed E-state index contributed by atoms with van der Waals surface area (Å²) in [7, 11) is 0. The van der Waals surface area contributed by atoms with Crippen molar-refractivity contribution in [2.75, 3.05) is 13.2 Å². The lowest BCUT2D eigenvalue weighted by Gasteiger charge is -2.14. The molecule has 3 nitrogen and oxygen atoms in total. The van der Waals surface area contributed by atoms with Gasteiger partial charge in [-0.25, -0.2) is 0 Å². The number of pyridine rings is 1. The third kappa shape index (κ3) is 2.83. The van der Waals surface area contributed by atoms with Crippen LogP contribution in [-0.4, -0.2) is 18.1 Å². The van der Waals surface area contributed by atoms with Crippen LogP contribution in [0.5, 0.6) is 5.75 Å². The molecule has 2 rings (SSSR count). The molecular weight excluding hydrogens is 212 g/mol. The zero-order valence-corrected chi connectivity index (χ0v) is 9.33.